The highest BCUT2D eigenvalue weighted by molar-refractivity contribution is 5.88. The molecule has 0 unspecified atom stereocenters. The van der Waals surface area contributed by atoms with E-state index in [-0.39, 0.29) is 18.2 Å². The third kappa shape index (κ3) is 3.87. The van der Waals surface area contributed by atoms with Gasteiger partial charge in [0.25, 0.3) is 0 Å². The van der Waals surface area contributed by atoms with Crippen molar-refractivity contribution in [3.8, 4) is 0 Å². The molecule has 1 fully saturated rings. The SMILES string of the molecule is Cc1cccc(NC(=O)N[C@H]2CCCO[C@@H]2c2cnn(C)c2)n1. The standard InChI is InChI=1S/C16H21N5O2/c1-11-5-3-7-14(18-11)20-16(22)19-13-6-4-8-23-15(13)12-9-17-21(2)10-12/h3,5,7,9-10,13,15H,4,6,8H2,1-2H3,(H2,18,19,20,22)/t13-,15+/m0/s1. The van der Waals surface area contributed by atoms with Crippen LogP contribution in [0.2, 0.25) is 0 Å². The zero-order valence-corrected chi connectivity index (χ0v) is 13.3. The number of carbonyl (C=O) groups excluding carboxylic acids is 1. The molecule has 2 amide bonds. The number of urea groups is 1. The van der Waals surface area contributed by atoms with E-state index in [1.807, 2.05) is 32.3 Å². The van der Waals surface area contributed by atoms with E-state index in [1.165, 1.54) is 0 Å². The highest BCUT2D eigenvalue weighted by Gasteiger charge is 2.29. The maximum atomic E-state index is 12.2. The zero-order chi connectivity index (χ0) is 16.2. The predicted octanol–water partition coefficient (Wildman–Crippen LogP) is 2.17. The lowest BCUT2D eigenvalue weighted by Crippen LogP contribution is -2.44. The lowest BCUT2D eigenvalue weighted by Gasteiger charge is -2.31. The van der Waals surface area contributed by atoms with Crippen LogP contribution in [0, 0.1) is 6.92 Å². The van der Waals surface area contributed by atoms with Crippen molar-refractivity contribution in [2.24, 2.45) is 7.05 Å². The first-order valence-corrected chi connectivity index (χ1v) is 7.73. The number of carbonyl (C=O) groups is 1. The predicted molar refractivity (Wildman–Crippen MR) is 86.1 cm³/mol. The van der Waals surface area contributed by atoms with Crippen LogP contribution in [-0.4, -0.2) is 33.4 Å². The molecule has 2 N–H and O–H groups in total. The first-order valence-electron chi connectivity index (χ1n) is 7.73. The van der Waals surface area contributed by atoms with E-state index < -0.39 is 0 Å². The monoisotopic (exact) mass is 315 g/mol. The van der Waals surface area contributed by atoms with Gasteiger partial charge in [0.2, 0.25) is 0 Å². The van der Waals surface area contributed by atoms with Crippen molar-refractivity contribution in [2.45, 2.75) is 31.9 Å². The van der Waals surface area contributed by atoms with Crippen molar-refractivity contribution in [2.75, 3.05) is 11.9 Å². The van der Waals surface area contributed by atoms with Crippen LogP contribution in [0.4, 0.5) is 10.6 Å². The molecule has 1 aliphatic rings. The molecule has 7 nitrogen and oxygen atoms in total. The number of ether oxygens (including phenoxy) is 1. The summed E-state index contributed by atoms with van der Waals surface area (Å²) in [7, 11) is 1.87. The smallest absolute Gasteiger partial charge is 0.320 e. The molecule has 1 saturated heterocycles. The van der Waals surface area contributed by atoms with Crippen molar-refractivity contribution in [1.82, 2.24) is 20.1 Å². The third-order valence-corrected chi connectivity index (χ3v) is 3.82. The van der Waals surface area contributed by atoms with Gasteiger partial charge in [0.05, 0.1) is 12.2 Å². The number of rotatable bonds is 3. The zero-order valence-electron chi connectivity index (χ0n) is 13.3. The molecular formula is C16H21N5O2. The van der Waals surface area contributed by atoms with E-state index in [0.29, 0.717) is 12.4 Å². The van der Waals surface area contributed by atoms with Gasteiger partial charge in [-0.2, -0.15) is 5.10 Å². The Morgan fingerprint density at radius 3 is 3.04 bits per heavy atom. The van der Waals surface area contributed by atoms with E-state index >= 15 is 0 Å². The molecule has 0 saturated carbocycles. The van der Waals surface area contributed by atoms with Crippen LogP contribution >= 0.6 is 0 Å². The summed E-state index contributed by atoms with van der Waals surface area (Å²) in [5.74, 6) is 0.539. The van der Waals surface area contributed by atoms with E-state index in [9.17, 15) is 4.79 Å². The molecule has 0 aromatic carbocycles. The molecule has 0 spiro atoms. The van der Waals surface area contributed by atoms with Gasteiger partial charge in [-0.05, 0) is 31.9 Å². The second-order valence-corrected chi connectivity index (χ2v) is 5.75. The molecule has 7 heteroatoms. The third-order valence-electron chi connectivity index (χ3n) is 3.82. The first-order chi connectivity index (χ1) is 11.1. The molecule has 2 atom stereocenters. The summed E-state index contributed by atoms with van der Waals surface area (Å²) in [6, 6.07) is 5.16. The van der Waals surface area contributed by atoms with Gasteiger partial charge in [0.15, 0.2) is 0 Å². The summed E-state index contributed by atoms with van der Waals surface area (Å²) in [5, 5.41) is 9.94. The second-order valence-electron chi connectivity index (χ2n) is 5.75. The average molecular weight is 315 g/mol. The normalized spacial score (nSPS) is 21.0. The van der Waals surface area contributed by atoms with Gasteiger partial charge in [0, 0.05) is 31.1 Å². The Morgan fingerprint density at radius 1 is 1.43 bits per heavy atom. The van der Waals surface area contributed by atoms with Gasteiger partial charge in [-0.3, -0.25) is 10.00 Å². The summed E-state index contributed by atoms with van der Waals surface area (Å²) in [6.45, 7) is 2.58. The fourth-order valence-electron chi connectivity index (χ4n) is 2.78. The number of aryl methyl sites for hydroxylation is 2. The number of hydrogen-bond donors (Lipinski definition) is 2. The van der Waals surface area contributed by atoms with Crippen molar-refractivity contribution < 1.29 is 9.53 Å². The number of amides is 2. The number of anilines is 1. The van der Waals surface area contributed by atoms with Gasteiger partial charge < -0.3 is 10.1 Å². The molecule has 0 bridgehead atoms. The number of nitrogens with one attached hydrogen (secondary N) is 2. The fourth-order valence-corrected chi connectivity index (χ4v) is 2.78. The van der Waals surface area contributed by atoms with Gasteiger partial charge >= 0.3 is 6.03 Å². The average Bonchev–Trinajstić information content (AvgIpc) is 2.94. The van der Waals surface area contributed by atoms with Crippen molar-refractivity contribution >= 4 is 11.8 Å². The Bertz CT molecular complexity index is 685. The molecule has 3 heterocycles. The maximum absolute atomic E-state index is 12.2. The Balaban J connectivity index is 1.65. The molecule has 23 heavy (non-hydrogen) atoms. The van der Waals surface area contributed by atoms with Crippen molar-refractivity contribution in [3.63, 3.8) is 0 Å². The second kappa shape index (κ2) is 6.78. The Labute approximate surface area is 135 Å². The van der Waals surface area contributed by atoms with Gasteiger partial charge in [-0.1, -0.05) is 6.07 Å². The molecule has 0 aliphatic carbocycles. The minimum Gasteiger partial charge on any atom is -0.371 e. The van der Waals surface area contributed by atoms with Crippen molar-refractivity contribution in [1.29, 1.82) is 0 Å². The molecule has 3 rings (SSSR count). The van der Waals surface area contributed by atoms with E-state index in [4.69, 9.17) is 4.74 Å². The van der Waals surface area contributed by atoms with Crippen molar-refractivity contribution in [3.05, 3.63) is 41.9 Å². The number of nitrogens with zero attached hydrogens (tertiary/aromatic N) is 3. The van der Waals surface area contributed by atoms with E-state index in [1.54, 1.807) is 16.9 Å². The largest absolute Gasteiger partial charge is 0.371 e. The minimum absolute atomic E-state index is 0.0854. The molecular weight excluding hydrogens is 294 g/mol. The molecule has 122 valence electrons. The van der Waals surface area contributed by atoms with Gasteiger partial charge in [-0.15, -0.1) is 0 Å². The summed E-state index contributed by atoms with van der Waals surface area (Å²) in [4.78, 5) is 16.5. The topological polar surface area (TPSA) is 81.1 Å². The van der Waals surface area contributed by atoms with E-state index in [2.05, 4.69) is 20.7 Å². The molecule has 2 aromatic heterocycles. The quantitative estimate of drug-likeness (QED) is 0.909. The summed E-state index contributed by atoms with van der Waals surface area (Å²) in [6.07, 6.45) is 5.32. The molecule has 1 aliphatic heterocycles. The fraction of sp³-hybridized carbons (Fsp3) is 0.438. The number of hydrogen-bond acceptors (Lipinski definition) is 4. The maximum Gasteiger partial charge on any atom is 0.320 e. The van der Waals surface area contributed by atoms with Gasteiger partial charge in [-0.25, -0.2) is 9.78 Å². The van der Waals surface area contributed by atoms with Crippen LogP contribution < -0.4 is 10.6 Å². The Kier molecular flexibility index (Phi) is 4.57. The van der Waals surface area contributed by atoms with Crippen LogP contribution in [0.15, 0.2) is 30.6 Å². The number of pyridine rings is 1. The highest BCUT2D eigenvalue weighted by atomic mass is 16.5. The lowest BCUT2D eigenvalue weighted by molar-refractivity contribution is -0.00700. The van der Waals surface area contributed by atoms with Crippen LogP contribution in [0.25, 0.3) is 0 Å². The summed E-state index contributed by atoms with van der Waals surface area (Å²) >= 11 is 0. The van der Waals surface area contributed by atoms with Crippen LogP contribution in [-0.2, 0) is 11.8 Å². The summed E-state index contributed by atoms with van der Waals surface area (Å²) in [5.41, 5.74) is 1.84. The Morgan fingerprint density at radius 2 is 2.30 bits per heavy atom. The Hall–Kier alpha value is -2.41. The van der Waals surface area contributed by atoms with Crippen LogP contribution in [0.5, 0.6) is 0 Å². The van der Waals surface area contributed by atoms with Crippen LogP contribution in [0.1, 0.15) is 30.2 Å². The highest BCUT2D eigenvalue weighted by Crippen LogP contribution is 2.28. The number of aromatic nitrogens is 3. The van der Waals surface area contributed by atoms with Crippen LogP contribution in [0.3, 0.4) is 0 Å². The molecule has 2 aromatic rings. The first kappa shape index (κ1) is 15.5. The minimum atomic E-state index is -0.271. The lowest BCUT2D eigenvalue weighted by atomic mass is 9.98. The van der Waals surface area contributed by atoms with Gasteiger partial charge in [0.1, 0.15) is 11.9 Å². The van der Waals surface area contributed by atoms with E-state index in [0.717, 1.165) is 24.1 Å². The summed E-state index contributed by atoms with van der Waals surface area (Å²) < 4.78 is 7.59. The molecule has 0 radical (unpaired) electrons.